The third-order valence-corrected chi connectivity index (χ3v) is 1.75. The number of aldehydes is 1. The molecule has 0 amide bonds. The fourth-order valence-electron chi connectivity index (χ4n) is 0.957. The summed E-state index contributed by atoms with van der Waals surface area (Å²) in [6.45, 7) is 0. The molecule has 6 heteroatoms. The quantitative estimate of drug-likeness (QED) is 0.524. The fraction of sp³-hybridized carbons (Fsp3) is 0.143. The number of hydrogen-bond acceptors (Lipinski definition) is 4. The van der Waals surface area contributed by atoms with Crippen molar-refractivity contribution in [2.75, 3.05) is 0 Å². The molecule has 0 aliphatic heterocycles. The zero-order valence-electron chi connectivity index (χ0n) is 6.51. The van der Waals surface area contributed by atoms with Gasteiger partial charge in [0.15, 0.2) is 12.1 Å². The topological polar surface area (TPSA) is 60.2 Å². The maximum Gasteiger partial charge on any atom is 0.252 e. The molecule has 0 atom stereocenters. The molecule has 2 heterocycles. The number of carbonyl (C=O) groups excluding carboxylic acids is 1. The molecule has 0 saturated heterocycles. The lowest BCUT2D eigenvalue weighted by molar-refractivity contribution is 0.112. The minimum absolute atomic E-state index is 0.236. The van der Waals surface area contributed by atoms with Gasteiger partial charge in [0.25, 0.3) is 5.78 Å². The van der Waals surface area contributed by atoms with Crippen LogP contribution in [0.15, 0.2) is 12.4 Å². The highest BCUT2D eigenvalue weighted by Crippen LogP contribution is 2.01. The van der Waals surface area contributed by atoms with Gasteiger partial charge in [-0.1, -0.05) is 0 Å². The zero-order chi connectivity index (χ0) is 9.26. The Balaban J connectivity index is 2.63. The van der Waals surface area contributed by atoms with Crippen molar-refractivity contribution in [3.05, 3.63) is 23.8 Å². The van der Waals surface area contributed by atoms with Gasteiger partial charge in [-0.3, -0.25) is 4.79 Å². The predicted octanol–water partition coefficient (Wildman–Crippen LogP) is 0.676. The number of aromatic nitrogens is 4. The van der Waals surface area contributed by atoms with Crippen molar-refractivity contribution in [2.45, 2.75) is 5.88 Å². The first kappa shape index (κ1) is 8.12. The Morgan fingerprint density at radius 1 is 1.62 bits per heavy atom. The molecule has 0 aliphatic carbocycles. The van der Waals surface area contributed by atoms with E-state index in [2.05, 4.69) is 15.1 Å². The molecule has 2 aromatic rings. The number of rotatable bonds is 2. The van der Waals surface area contributed by atoms with E-state index in [0.29, 0.717) is 23.5 Å². The summed E-state index contributed by atoms with van der Waals surface area (Å²) in [5.74, 6) is 1.18. The molecule has 66 valence electrons. The van der Waals surface area contributed by atoms with Gasteiger partial charge in [-0.05, 0) is 0 Å². The van der Waals surface area contributed by atoms with Crippen LogP contribution in [0.3, 0.4) is 0 Å². The van der Waals surface area contributed by atoms with Crippen molar-refractivity contribution in [2.24, 2.45) is 0 Å². The Labute approximate surface area is 78.4 Å². The van der Waals surface area contributed by atoms with E-state index in [1.165, 1.54) is 10.7 Å². The molecule has 2 rings (SSSR count). The molecule has 0 unspecified atom stereocenters. The molecule has 0 spiro atoms. The van der Waals surface area contributed by atoms with Gasteiger partial charge in [-0.2, -0.15) is 4.98 Å². The van der Waals surface area contributed by atoms with Crippen LogP contribution in [-0.2, 0) is 5.88 Å². The van der Waals surface area contributed by atoms with Gasteiger partial charge in [0.1, 0.15) is 0 Å². The molecule has 13 heavy (non-hydrogen) atoms. The van der Waals surface area contributed by atoms with E-state index in [-0.39, 0.29) is 5.88 Å². The van der Waals surface area contributed by atoms with Crippen LogP contribution in [0.2, 0.25) is 0 Å². The number of nitrogens with zero attached hydrogens (tertiary/aromatic N) is 4. The van der Waals surface area contributed by atoms with Gasteiger partial charge in [0.05, 0.1) is 11.4 Å². The lowest BCUT2D eigenvalue weighted by Gasteiger charge is -1.89. The molecule has 5 nitrogen and oxygen atoms in total. The van der Waals surface area contributed by atoms with E-state index in [1.54, 1.807) is 6.20 Å². The summed E-state index contributed by atoms with van der Waals surface area (Å²) in [5, 5.41) is 3.99. The maximum atomic E-state index is 10.4. The molecule has 0 aromatic carbocycles. The van der Waals surface area contributed by atoms with Crippen LogP contribution in [0.1, 0.15) is 16.2 Å². The van der Waals surface area contributed by atoms with Gasteiger partial charge in [-0.25, -0.2) is 9.50 Å². The van der Waals surface area contributed by atoms with Crippen molar-refractivity contribution < 1.29 is 4.79 Å². The fourth-order valence-corrected chi connectivity index (χ4v) is 1.07. The minimum atomic E-state index is 0.236. The summed E-state index contributed by atoms with van der Waals surface area (Å²) in [6.07, 6.45) is 3.70. The molecule has 0 N–H and O–H groups in total. The molecule has 2 aromatic heterocycles. The van der Waals surface area contributed by atoms with Crippen molar-refractivity contribution in [1.82, 2.24) is 19.6 Å². The van der Waals surface area contributed by atoms with Gasteiger partial charge >= 0.3 is 0 Å². The molecule has 0 bridgehead atoms. The highest BCUT2D eigenvalue weighted by molar-refractivity contribution is 6.16. The number of hydrogen-bond donors (Lipinski definition) is 0. The summed E-state index contributed by atoms with van der Waals surface area (Å²) in [5.41, 5.74) is 0.457. The average molecular weight is 197 g/mol. The number of carbonyl (C=O) groups is 1. The van der Waals surface area contributed by atoms with Gasteiger partial charge in [-0.15, -0.1) is 16.7 Å². The van der Waals surface area contributed by atoms with Crippen LogP contribution in [-0.4, -0.2) is 25.9 Å². The largest absolute Gasteiger partial charge is 0.298 e. The predicted molar refractivity (Wildman–Crippen MR) is 45.7 cm³/mol. The Bertz CT molecular complexity index is 453. The first-order valence-electron chi connectivity index (χ1n) is 3.56. The molecular weight excluding hydrogens is 192 g/mol. The molecule has 0 fully saturated rings. The molecule has 0 aliphatic rings. The Morgan fingerprint density at radius 3 is 3.15 bits per heavy atom. The van der Waals surface area contributed by atoms with Crippen molar-refractivity contribution in [3.63, 3.8) is 0 Å². The highest BCUT2D eigenvalue weighted by atomic mass is 35.5. The Kier molecular flexibility index (Phi) is 1.94. The van der Waals surface area contributed by atoms with E-state index in [9.17, 15) is 4.79 Å². The third kappa shape index (κ3) is 1.38. The summed E-state index contributed by atoms with van der Waals surface area (Å²) in [6, 6.07) is 0. The van der Waals surface area contributed by atoms with Crippen LogP contribution >= 0.6 is 11.6 Å². The van der Waals surface area contributed by atoms with Crippen LogP contribution in [0.5, 0.6) is 0 Å². The van der Waals surface area contributed by atoms with Crippen LogP contribution in [0, 0.1) is 0 Å². The van der Waals surface area contributed by atoms with Crippen molar-refractivity contribution >= 4 is 23.7 Å². The van der Waals surface area contributed by atoms with E-state index < -0.39 is 0 Å². The van der Waals surface area contributed by atoms with E-state index in [0.717, 1.165) is 0 Å². The lowest BCUT2D eigenvalue weighted by Crippen LogP contribution is -1.93. The van der Waals surface area contributed by atoms with E-state index in [4.69, 9.17) is 11.6 Å². The van der Waals surface area contributed by atoms with Gasteiger partial charge < -0.3 is 0 Å². The monoisotopic (exact) mass is 196 g/mol. The highest BCUT2D eigenvalue weighted by Gasteiger charge is 2.03. The summed E-state index contributed by atoms with van der Waals surface area (Å²) >= 11 is 5.54. The van der Waals surface area contributed by atoms with E-state index in [1.807, 2.05) is 0 Å². The second-order valence-electron chi connectivity index (χ2n) is 2.41. The summed E-state index contributed by atoms with van der Waals surface area (Å²) in [4.78, 5) is 18.3. The average Bonchev–Trinajstić information content (AvgIpc) is 2.58. The standard InChI is InChI=1S/C7H5ClN4O/c8-1-6-10-7-9-2-5(4-13)3-12(7)11-6/h2-4H,1H2. The van der Waals surface area contributed by atoms with Crippen LogP contribution in [0.25, 0.3) is 5.78 Å². The molecule has 0 radical (unpaired) electrons. The Morgan fingerprint density at radius 2 is 2.46 bits per heavy atom. The first-order valence-corrected chi connectivity index (χ1v) is 4.09. The summed E-state index contributed by atoms with van der Waals surface area (Å²) < 4.78 is 1.43. The third-order valence-electron chi connectivity index (χ3n) is 1.51. The van der Waals surface area contributed by atoms with Crippen molar-refractivity contribution in [3.8, 4) is 0 Å². The van der Waals surface area contributed by atoms with Gasteiger partial charge in [0.2, 0.25) is 0 Å². The van der Waals surface area contributed by atoms with Gasteiger partial charge in [0, 0.05) is 12.4 Å². The summed E-state index contributed by atoms with van der Waals surface area (Å²) in [7, 11) is 0. The second kappa shape index (κ2) is 3.10. The smallest absolute Gasteiger partial charge is 0.252 e. The number of halogens is 1. The normalized spacial score (nSPS) is 10.5. The SMILES string of the molecule is O=Cc1cnc2nc(CCl)nn2c1. The number of fused-ring (bicyclic) bond motifs is 1. The van der Waals surface area contributed by atoms with Crippen molar-refractivity contribution in [1.29, 1.82) is 0 Å². The lowest BCUT2D eigenvalue weighted by atomic mass is 10.4. The first-order chi connectivity index (χ1) is 6.33. The zero-order valence-corrected chi connectivity index (χ0v) is 7.27. The second-order valence-corrected chi connectivity index (χ2v) is 2.68. The molecular formula is C7H5ClN4O. The van der Waals surface area contributed by atoms with Crippen LogP contribution < -0.4 is 0 Å². The number of alkyl halides is 1. The van der Waals surface area contributed by atoms with E-state index >= 15 is 0 Å². The maximum absolute atomic E-state index is 10.4. The van der Waals surface area contributed by atoms with Crippen LogP contribution in [0.4, 0.5) is 0 Å². The minimum Gasteiger partial charge on any atom is -0.298 e. The molecule has 0 saturated carbocycles. The Hall–Kier alpha value is -1.49.